The summed E-state index contributed by atoms with van der Waals surface area (Å²) in [6.45, 7) is 1.88. The fourth-order valence-corrected chi connectivity index (χ4v) is 1.83. The van der Waals surface area contributed by atoms with Gasteiger partial charge < -0.3 is 10.2 Å². The average Bonchev–Trinajstić information content (AvgIpc) is 2.67. The quantitative estimate of drug-likeness (QED) is 0.872. The molecule has 1 heterocycles. The summed E-state index contributed by atoms with van der Waals surface area (Å²) in [7, 11) is 0. The summed E-state index contributed by atoms with van der Waals surface area (Å²) in [5.74, 6) is 0.242. The minimum absolute atomic E-state index is 0.362. The largest absolute Gasteiger partial charge is 0.467 e. The van der Waals surface area contributed by atoms with Crippen molar-refractivity contribution < 1.29 is 8.81 Å². The Bertz CT molecular complexity index is 509. The van der Waals surface area contributed by atoms with Gasteiger partial charge in [-0.15, -0.1) is 0 Å². The predicted octanol–water partition coefficient (Wildman–Crippen LogP) is 3.43. The Balaban J connectivity index is 2.45. The molecule has 1 atom stereocenters. The molecule has 2 aromatic rings. The van der Waals surface area contributed by atoms with Crippen LogP contribution in [0.3, 0.4) is 0 Å². The molecule has 0 aliphatic heterocycles. The topological polar surface area (TPSA) is 39.2 Å². The van der Waals surface area contributed by atoms with Gasteiger partial charge in [0, 0.05) is 5.02 Å². The van der Waals surface area contributed by atoms with Gasteiger partial charge in [0.2, 0.25) is 0 Å². The molecular formula is C12H11ClFNO. The van der Waals surface area contributed by atoms with E-state index in [4.69, 9.17) is 21.8 Å². The lowest BCUT2D eigenvalue weighted by atomic mass is 10.0. The monoisotopic (exact) mass is 239 g/mol. The summed E-state index contributed by atoms with van der Waals surface area (Å²) in [6.07, 6.45) is 1.55. The van der Waals surface area contributed by atoms with Crippen LogP contribution in [0.4, 0.5) is 4.39 Å². The van der Waals surface area contributed by atoms with Gasteiger partial charge >= 0.3 is 0 Å². The Hall–Kier alpha value is -1.32. The molecule has 0 radical (unpaired) electrons. The van der Waals surface area contributed by atoms with Crippen LogP contribution in [0.15, 0.2) is 34.9 Å². The molecule has 84 valence electrons. The molecular weight excluding hydrogens is 229 g/mol. The molecule has 0 saturated heterocycles. The van der Waals surface area contributed by atoms with E-state index in [2.05, 4.69) is 0 Å². The molecule has 0 saturated carbocycles. The van der Waals surface area contributed by atoms with Crippen molar-refractivity contribution in [3.63, 3.8) is 0 Å². The standard InChI is InChI=1S/C12H11ClFNO/c1-7-4-5-16-12(7)11(15)9-6-8(14)2-3-10(9)13/h2-6,11H,15H2,1H3. The second kappa shape index (κ2) is 4.28. The number of furan rings is 1. The fraction of sp³-hybridized carbons (Fsp3) is 0.167. The molecule has 0 amide bonds. The maximum atomic E-state index is 13.1. The van der Waals surface area contributed by atoms with Crippen LogP contribution in [0, 0.1) is 12.7 Å². The van der Waals surface area contributed by atoms with Crippen LogP contribution in [-0.4, -0.2) is 0 Å². The van der Waals surface area contributed by atoms with Crippen LogP contribution in [0.25, 0.3) is 0 Å². The molecule has 2 N–H and O–H groups in total. The maximum absolute atomic E-state index is 13.1. The lowest BCUT2D eigenvalue weighted by Gasteiger charge is -2.12. The summed E-state index contributed by atoms with van der Waals surface area (Å²) in [5, 5.41) is 0.435. The van der Waals surface area contributed by atoms with Gasteiger partial charge in [0.25, 0.3) is 0 Å². The van der Waals surface area contributed by atoms with Gasteiger partial charge in [0.05, 0.1) is 12.3 Å². The number of hydrogen-bond acceptors (Lipinski definition) is 2. The van der Waals surface area contributed by atoms with E-state index < -0.39 is 6.04 Å². The lowest BCUT2D eigenvalue weighted by Crippen LogP contribution is -2.12. The number of benzene rings is 1. The first-order chi connectivity index (χ1) is 7.59. The van der Waals surface area contributed by atoms with Crippen molar-refractivity contribution in [1.82, 2.24) is 0 Å². The highest BCUT2D eigenvalue weighted by Gasteiger charge is 2.17. The summed E-state index contributed by atoms with van der Waals surface area (Å²) in [4.78, 5) is 0. The third kappa shape index (κ3) is 1.96. The zero-order valence-corrected chi connectivity index (χ0v) is 9.46. The third-order valence-electron chi connectivity index (χ3n) is 2.48. The van der Waals surface area contributed by atoms with Crippen molar-refractivity contribution in [2.75, 3.05) is 0 Å². The van der Waals surface area contributed by atoms with E-state index in [9.17, 15) is 4.39 Å². The first kappa shape index (κ1) is 11.2. The third-order valence-corrected chi connectivity index (χ3v) is 2.82. The minimum atomic E-state index is -0.543. The molecule has 0 aliphatic carbocycles. The van der Waals surface area contributed by atoms with Gasteiger partial charge in [-0.3, -0.25) is 0 Å². The number of rotatable bonds is 2. The molecule has 16 heavy (non-hydrogen) atoms. The predicted molar refractivity (Wildman–Crippen MR) is 60.9 cm³/mol. The van der Waals surface area contributed by atoms with Crippen molar-refractivity contribution in [1.29, 1.82) is 0 Å². The van der Waals surface area contributed by atoms with E-state index in [-0.39, 0.29) is 5.82 Å². The highest BCUT2D eigenvalue weighted by Crippen LogP contribution is 2.29. The van der Waals surface area contributed by atoms with Gasteiger partial charge in [-0.25, -0.2) is 4.39 Å². The summed E-state index contributed by atoms with van der Waals surface area (Å²) >= 11 is 5.97. The second-order valence-corrected chi connectivity index (χ2v) is 4.02. The van der Waals surface area contributed by atoms with Gasteiger partial charge in [0.15, 0.2) is 0 Å². The zero-order valence-electron chi connectivity index (χ0n) is 8.71. The van der Waals surface area contributed by atoms with Crippen LogP contribution in [0.1, 0.15) is 22.9 Å². The van der Waals surface area contributed by atoms with Crippen molar-refractivity contribution in [3.05, 3.63) is 58.3 Å². The first-order valence-electron chi connectivity index (χ1n) is 4.84. The summed E-state index contributed by atoms with van der Waals surface area (Å²) in [5.41, 5.74) is 7.44. The van der Waals surface area contributed by atoms with Gasteiger partial charge in [-0.2, -0.15) is 0 Å². The Morgan fingerprint density at radius 2 is 2.12 bits per heavy atom. The number of nitrogens with two attached hydrogens (primary N) is 1. The minimum Gasteiger partial charge on any atom is -0.467 e. The van der Waals surface area contributed by atoms with Gasteiger partial charge in [-0.1, -0.05) is 11.6 Å². The Labute approximate surface area is 97.8 Å². The molecule has 2 nitrogen and oxygen atoms in total. The van der Waals surface area contributed by atoms with E-state index in [0.717, 1.165) is 5.56 Å². The van der Waals surface area contributed by atoms with E-state index in [1.54, 1.807) is 6.26 Å². The highest BCUT2D eigenvalue weighted by atomic mass is 35.5. The fourth-order valence-electron chi connectivity index (χ4n) is 1.60. The Morgan fingerprint density at radius 3 is 2.75 bits per heavy atom. The van der Waals surface area contributed by atoms with E-state index >= 15 is 0 Å². The van der Waals surface area contributed by atoms with Crippen molar-refractivity contribution in [2.24, 2.45) is 5.73 Å². The molecule has 2 rings (SSSR count). The summed E-state index contributed by atoms with van der Waals surface area (Å²) in [6, 6.07) is 5.38. The smallest absolute Gasteiger partial charge is 0.127 e. The molecule has 0 aliphatic rings. The van der Waals surface area contributed by atoms with Crippen molar-refractivity contribution in [3.8, 4) is 0 Å². The van der Waals surface area contributed by atoms with Crippen LogP contribution < -0.4 is 5.73 Å². The van der Waals surface area contributed by atoms with Crippen LogP contribution >= 0.6 is 11.6 Å². The van der Waals surface area contributed by atoms with Crippen LogP contribution in [0.5, 0.6) is 0 Å². The van der Waals surface area contributed by atoms with Gasteiger partial charge in [-0.05, 0) is 42.3 Å². The first-order valence-corrected chi connectivity index (χ1v) is 5.22. The number of halogens is 2. The van der Waals surface area contributed by atoms with Gasteiger partial charge in [0.1, 0.15) is 11.6 Å². The van der Waals surface area contributed by atoms with Crippen molar-refractivity contribution >= 4 is 11.6 Å². The Kier molecular flexibility index (Phi) is 2.99. The Morgan fingerprint density at radius 1 is 1.38 bits per heavy atom. The number of aryl methyl sites for hydroxylation is 1. The normalized spacial score (nSPS) is 12.8. The average molecular weight is 240 g/mol. The zero-order chi connectivity index (χ0) is 11.7. The van der Waals surface area contributed by atoms with E-state index in [1.807, 2.05) is 13.0 Å². The molecule has 1 unspecified atom stereocenters. The van der Waals surface area contributed by atoms with Crippen LogP contribution in [0.2, 0.25) is 5.02 Å². The van der Waals surface area contributed by atoms with E-state index in [1.165, 1.54) is 18.2 Å². The SMILES string of the molecule is Cc1ccoc1C(N)c1cc(F)ccc1Cl. The molecule has 4 heteroatoms. The van der Waals surface area contributed by atoms with Crippen LogP contribution in [-0.2, 0) is 0 Å². The summed E-state index contributed by atoms with van der Waals surface area (Å²) < 4.78 is 18.4. The maximum Gasteiger partial charge on any atom is 0.127 e. The van der Waals surface area contributed by atoms with E-state index in [0.29, 0.717) is 16.3 Å². The molecule has 0 spiro atoms. The molecule has 1 aromatic carbocycles. The molecule has 0 bridgehead atoms. The second-order valence-electron chi connectivity index (χ2n) is 3.61. The van der Waals surface area contributed by atoms with Crippen molar-refractivity contribution in [2.45, 2.75) is 13.0 Å². The lowest BCUT2D eigenvalue weighted by molar-refractivity contribution is 0.486. The highest BCUT2D eigenvalue weighted by molar-refractivity contribution is 6.31. The number of hydrogen-bond donors (Lipinski definition) is 1. The molecule has 1 aromatic heterocycles. The molecule has 0 fully saturated rings.